The Morgan fingerprint density at radius 2 is 1.63 bits per heavy atom. The lowest BCUT2D eigenvalue weighted by Crippen LogP contribution is -2.60. The Bertz CT molecular complexity index is 1150. The zero-order valence-electron chi connectivity index (χ0n) is 33.0. The highest BCUT2D eigenvalue weighted by molar-refractivity contribution is 5.73. The van der Waals surface area contributed by atoms with Gasteiger partial charge in [0.05, 0.1) is 53.7 Å². The van der Waals surface area contributed by atoms with Gasteiger partial charge in [-0.2, -0.15) is 0 Å². The summed E-state index contributed by atoms with van der Waals surface area (Å²) >= 11 is 0. The minimum absolute atomic E-state index is 0.0689. The molecule has 0 spiro atoms. The Labute approximate surface area is 304 Å². The third kappa shape index (κ3) is 9.11. The normalized spacial score (nSPS) is 50.3. The average molecular weight is 734 g/mol. The van der Waals surface area contributed by atoms with E-state index in [0.717, 1.165) is 0 Å². The van der Waals surface area contributed by atoms with Crippen LogP contribution in [0.15, 0.2) is 0 Å². The van der Waals surface area contributed by atoms with Crippen LogP contribution in [0.1, 0.15) is 101 Å². The SMILES string of the molecule is CC[C@H]1OC(=O)[C@H](C)[C@@H](O[C@H]2C[C@@](C)(OC)C[C@H](C)O2)[C@H](C)[C@@H](O[C@@H]2O[C@H](C)C[C@H](N(C)CCF)[C@H]2O)[C@@]2(C)C[C@@H](C)[C@@H](O2)[C@H](C)[C@@H](O)[C@]1(C)O. The van der Waals surface area contributed by atoms with Crippen LogP contribution in [-0.2, 0) is 38.0 Å². The zero-order chi connectivity index (χ0) is 38.2. The highest BCUT2D eigenvalue weighted by Gasteiger charge is 2.57. The summed E-state index contributed by atoms with van der Waals surface area (Å²) in [5.74, 6) is -2.69. The maximum Gasteiger partial charge on any atom is 0.311 e. The third-order valence-corrected chi connectivity index (χ3v) is 12.5. The van der Waals surface area contributed by atoms with E-state index in [0.29, 0.717) is 25.7 Å². The van der Waals surface area contributed by atoms with Crippen molar-refractivity contribution in [3.05, 3.63) is 0 Å². The summed E-state index contributed by atoms with van der Waals surface area (Å²) < 4.78 is 58.6. The fraction of sp³-hybridized carbons (Fsp3) is 0.974. The second-order valence-corrected chi connectivity index (χ2v) is 17.0. The summed E-state index contributed by atoms with van der Waals surface area (Å²) in [4.78, 5) is 15.9. The number of nitrogens with zero attached hydrogens (tertiary/aromatic N) is 1. The lowest BCUT2D eigenvalue weighted by atomic mass is 9.76. The van der Waals surface area contributed by atoms with Crippen LogP contribution in [-0.4, -0.2) is 138 Å². The Hall–Kier alpha value is -1.00. The number of likely N-dealkylation sites (N-methyl/N-ethyl adjacent to an activating group) is 1. The number of carbonyl (C=O) groups is 1. The van der Waals surface area contributed by atoms with Gasteiger partial charge < -0.3 is 48.5 Å². The molecule has 0 aliphatic carbocycles. The quantitative estimate of drug-likeness (QED) is 0.295. The first kappa shape index (κ1) is 42.7. The van der Waals surface area contributed by atoms with Gasteiger partial charge in [-0.1, -0.05) is 27.7 Å². The van der Waals surface area contributed by atoms with Crippen LogP contribution in [0.25, 0.3) is 0 Å². The summed E-state index contributed by atoms with van der Waals surface area (Å²) in [5, 5.41) is 35.1. The summed E-state index contributed by atoms with van der Waals surface area (Å²) in [5.41, 5.74) is -3.32. The van der Waals surface area contributed by atoms with Gasteiger partial charge in [0.25, 0.3) is 0 Å². The molecule has 4 saturated heterocycles. The van der Waals surface area contributed by atoms with Gasteiger partial charge >= 0.3 is 5.97 Å². The number of cyclic esters (lactones) is 1. The molecular formula is C38H68FNO11. The van der Waals surface area contributed by atoms with E-state index < -0.39 is 102 Å². The molecule has 51 heavy (non-hydrogen) atoms. The van der Waals surface area contributed by atoms with Gasteiger partial charge in [0.15, 0.2) is 12.6 Å². The fourth-order valence-corrected chi connectivity index (χ4v) is 9.48. The molecule has 18 atom stereocenters. The van der Waals surface area contributed by atoms with Gasteiger partial charge in [-0.05, 0) is 73.8 Å². The number of fused-ring (bicyclic) bond motifs is 2. The van der Waals surface area contributed by atoms with E-state index >= 15 is 0 Å². The lowest BCUT2D eigenvalue weighted by Gasteiger charge is -2.48. The molecule has 0 aromatic rings. The number of alkyl halides is 1. The Morgan fingerprint density at radius 3 is 2.24 bits per heavy atom. The van der Waals surface area contributed by atoms with Crippen molar-refractivity contribution in [2.75, 3.05) is 27.4 Å². The number of methoxy groups -OCH3 is 1. The van der Waals surface area contributed by atoms with Gasteiger partial charge in [-0.15, -0.1) is 0 Å². The van der Waals surface area contributed by atoms with E-state index in [1.54, 1.807) is 32.9 Å². The summed E-state index contributed by atoms with van der Waals surface area (Å²) in [6.07, 6.45) is -5.54. The van der Waals surface area contributed by atoms with Gasteiger partial charge in [-0.3, -0.25) is 9.69 Å². The van der Waals surface area contributed by atoms with Crippen molar-refractivity contribution in [1.29, 1.82) is 0 Å². The highest BCUT2D eigenvalue weighted by atomic mass is 19.1. The summed E-state index contributed by atoms with van der Waals surface area (Å²) in [6.45, 7) is 18.3. The molecule has 4 aliphatic rings. The van der Waals surface area contributed by atoms with Crippen LogP contribution in [0.5, 0.6) is 0 Å². The van der Waals surface area contributed by atoms with Crippen molar-refractivity contribution < 1.29 is 57.7 Å². The van der Waals surface area contributed by atoms with Crippen molar-refractivity contribution in [2.24, 2.45) is 23.7 Å². The van der Waals surface area contributed by atoms with Crippen LogP contribution in [0, 0.1) is 23.7 Å². The molecule has 0 aromatic carbocycles. The standard InChI is InChI=1S/C38H68FNO11/c1-13-27-38(10,44)32(42)23(5)30-20(2)17-37(9,51-30)33(50-35-29(41)26(16-21(3)47-35)40(11)15-14-39)24(6)31(25(7)34(43)48-27)49-28-19-36(8,45-12)18-22(4)46-28/h20-33,35,41-42,44H,13-19H2,1-12H3/t20-,21-,22+,23+,24+,25-,26+,27-,28+,29-,30-,31+,32-,33-,35+,36+,37-,38-/m1/s1. The van der Waals surface area contributed by atoms with E-state index in [1.165, 1.54) is 6.92 Å². The molecule has 4 heterocycles. The molecule has 298 valence electrons. The molecule has 3 N–H and O–H groups in total. The number of aliphatic hydroxyl groups is 3. The number of rotatable bonds is 9. The molecule has 0 unspecified atom stereocenters. The monoisotopic (exact) mass is 733 g/mol. The van der Waals surface area contributed by atoms with Crippen LogP contribution >= 0.6 is 0 Å². The van der Waals surface area contributed by atoms with Crippen molar-refractivity contribution >= 4 is 5.97 Å². The predicted octanol–water partition coefficient (Wildman–Crippen LogP) is 3.99. The number of halogens is 1. The van der Waals surface area contributed by atoms with Crippen molar-refractivity contribution in [3.8, 4) is 0 Å². The molecule has 0 radical (unpaired) electrons. The highest BCUT2D eigenvalue weighted by Crippen LogP contribution is 2.48. The molecule has 0 saturated carbocycles. The van der Waals surface area contributed by atoms with Crippen molar-refractivity contribution in [2.45, 2.75) is 186 Å². The van der Waals surface area contributed by atoms with Crippen LogP contribution in [0.3, 0.4) is 0 Å². The number of carbonyl (C=O) groups excluding carboxylic acids is 1. The first-order valence-electron chi connectivity index (χ1n) is 19.1. The Balaban J connectivity index is 1.82. The van der Waals surface area contributed by atoms with Crippen molar-refractivity contribution in [1.82, 2.24) is 4.90 Å². The smallest absolute Gasteiger partial charge is 0.311 e. The van der Waals surface area contributed by atoms with Gasteiger partial charge in [0.2, 0.25) is 0 Å². The van der Waals surface area contributed by atoms with E-state index in [1.807, 2.05) is 48.5 Å². The predicted molar refractivity (Wildman–Crippen MR) is 187 cm³/mol. The Kier molecular flexibility index (Phi) is 14.1. The van der Waals surface area contributed by atoms with E-state index in [4.69, 9.17) is 33.2 Å². The minimum Gasteiger partial charge on any atom is -0.459 e. The Morgan fingerprint density at radius 1 is 0.961 bits per heavy atom. The molecule has 4 aliphatic heterocycles. The first-order valence-corrected chi connectivity index (χ1v) is 19.1. The number of ether oxygens (including phenoxy) is 7. The molecular weight excluding hydrogens is 665 g/mol. The number of hydrogen-bond donors (Lipinski definition) is 3. The molecule has 0 aromatic heterocycles. The van der Waals surface area contributed by atoms with Gasteiger partial charge in [0, 0.05) is 44.4 Å². The molecule has 2 bridgehead atoms. The summed E-state index contributed by atoms with van der Waals surface area (Å²) in [7, 11) is 3.44. The third-order valence-electron chi connectivity index (χ3n) is 12.5. The zero-order valence-corrected chi connectivity index (χ0v) is 33.0. The van der Waals surface area contributed by atoms with Crippen LogP contribution in [0.2, 0.25) is 0 Å². The maximum absolute atomic E-state index is 14.1. The number of aliphatic hydroxyl groups excluding tert-OH is 2. The average Bonchev–Trinajstić information content (AvgIpc) is 3.38. The number of esters is 1. The van der Waals surface area contributed by atoms with E-state index in [-0.39, 0.29) is 31.1 Å². The fourth-order valence-electron chi connectivity index (χ4n) is 9.48. The second-order valence-electron chi connectivity index (χ2n) is 17.0. The molecule has 4 fully saturated rings. The van der Waals surface area contributed by atoms with Gasteiger partial charge in [-0.25, -0.2) is 4.39 Å². The molecule has 12 nitrogen and oxygen atoms in total. The first-order chi connectivity index (χ1) is 23.7. The van der Waals surface area contributed by atoms with Crippen LogP contribution in [0.4, 0.5) is 4.39 Å². The lowest BCUT2D eigenvalue weighted by molar-refractivity contribution is -0.312. The summed E-state index contributed by atoms with van der Waals surface area (Å²) in [6, 6.07) is -0.420. The van der Waals surface area contributed by atoms with E-state index in [9.17, 15) is 24.5 Å². The number of hydrogen-bond acceptors (Lipinski definition) is 12. The largest absolute Gasteiger partial charge is 0.459 e. The topological polar surface area (TPSA) is 146 Å². The minimum atomic E-state index is -1.78. The molecule has 4 rings (SSSR count). The van der Waals surface area contributed by atoms with Crippen LogP contribution < -0.4 is 0 Å². The molecule has 0 amide bonds. The van der Waals surface area contributed by atoms with Crippen molar-refractivity contribution in [3.63, 3.8) is 0 Å². The molecule has 13 heteroatoms. The van der Waals surface area contributed by atoms with E-state index in [2.05, 4.69) is 0 Å². The second kappa shape index (κ2) is 16.8. The maximum atomic E-state index is 14.1. The van der Waals surface area contributed by atoms with Gasteiger partial charge in [0.1, 0.15) is 24.5 Å².